The molecule has 2 heterocycles. The number of benzene rings is 1. The molecule has 0 aliphatic carbocycles. The Morgan fingerprint density at radius 2 is 2.18 bits per heavy atom. The van der Waals surface area contributed by atoms with E-state index in [1.165, 1.54) is 4.68 Å². The van der Waals surface area contributed by atoms with Crippen LogP contribution in [0.25, 0.3) is 0 Å². The molecule has 0 atom stereocenters. The molecule has 1 aliphatic heterocycles. The van der Waals surface area contributed by atoms with Crippen molar-refractivity contribution in [1.29, 1.82) is 0 Å². The van der Waals surface area contributed by atoms with Crippen LogP contribution in [0.3, 0.4) is 0 Å². The highest BCUT2D eigenvalue weighted by atomic mass is 35.5. The first kappa shape index (κ1) is 15.2. The van der Waals surface area contributed by atoms with Crippen LogP contribution in [0.4, 0.5) is 10.6 Å². The van der Waals surface area contributed by atoms with Crippen molar-refractivity contribution in [3.63, 3.8) is 0 Å². The van der Waals surface area contributed by atoms with Gasteiger partial charge in [0.15, 0.2) is 0 Å². The monoisotopic (exact) mass is 338 g/mol. The highest BCUT2D eigenvalue weighted by Crippen LogP contribution is 2.29. The van der Waals surface area contributed by atoms with Gasteiger partial charge in [-0.15, -0.1) is 0 Å². The Labute approximate surface area is 138 Å². The summed E-state index contributed by atoms with van der Waals surface area (Å²) in [4.78, 5) is 11.6. The highest BCUT2D eigenvalue weighted by Gasteiger charge is 2.22. The van der Waals surface area contributed by atoms with Crippen molar-refractivity contribution < 1.29 is 4.79 Å². The fourth-order valence-electron chi connectivity index (χ4n) is 2.72. The summed E-state index contributed by atoms with van der Waals surface area (Å²) in [5, 5.41) is 8.82. The average Bonchev–Trinajstić information content (AvgIpc) is 2.65. The lowest BCUT2D eigenvalue weighted by Gasteiger charge is -2.05. The highest BCUT2D eigenvalue weighted by molar-refractivity contribution is 6.35. The zero-order valence-electron chi connectivity index (χ0n) is 11.9. The van der Waals surface area contributed by atoms with E-state index >= 15 is 0 Å². The molecule has 0 spiro atoms. The normalized spacial score (nSPS) is 14.1. The molecule has 1 aromatic heterocycles. The molecule has 116 valence electrons. The van der Waals surface area contributed by atoms with E-state index < -0.39 is 6.03 Å². The second kappa shape index (κ2) is 6.18. The van der Waals surface area contributed by atoms with Crippen LogP contribution in [0.1, 0.15) is 29.7 Å². The number of primary amides is 1. The minimum absolute atomic E-state index is 0.542. The summed E-state index contributed by atoms with van der Waals surface area (Å²) in [5.41, 5.74) is 8.22. The number of fused-ring (bicyclic) bond motifs is 1. The smallest absolute Gasteiger partial charge is 0.341 e. The summed E-state index contributed by atoms with van der Waals surface area (Å²) in [6.07, 6.45) is 3.51. The van der Waals surface area contributed by atoms with E-state index in [1.54, 1.807) is 12.1 Å². The van der Waals surface area contributed by atoms with Crippen molar-refractivity contribution in [2.24, 2.45) is 5.73 Å². The van der Waals surface area contributed by atoms with Crippen LogP contribution in [0.2, 0.25) is 10.0 Å². The maximum Gasteiger partial charge on any atom is 0.341 e. The minimum Gasteiger partial charge on any atom is -0.370 e. The summed E-state index contributed by atoms with van der Waals surface area (Å²) >= 11 is 12.2. The van der Waals surface area contributed by atoms with Crippen LogP contribution in [0, 0.1) is 0 Å². The third kappa shape index (κ3) is 2.91. The number of nitrogens with zero attached hydrogens (tertiary/aromatic N) is 2. The third-order valence-corrected chi connectivity index (χ3v) is 4.38. The fourth-order valence-corrected chi connectivity index (χ4v) is 3.20. The molecule has 0 bridgehead atoms. The predicted molar refractivity (Wildman–Crippen MR) is 87.9 cm³/mol. The lowest BCUT2D eigenvalue weighted by molar-refractivity contribution is 0.248. The molecule has 1 aromatic carbocycles. The van der Waals surface area contributed by atoms with E-state index in [0.29, 0.717) is 22.3 Å². The number of carbonyl (C=O) groups is 1. The number of aromatic nitrogens is 2. The number of nitrogens with two attached hydrogens (primary N) is 1. The Morgan fingerprint density at radius 3 is 2.91 bits per heavy atom. The molecule has 3 rings (SSSR count). The SMILES string of the molecule is NC(=O)n1nc(Cc2ccc(Cl)cc2Cl)c2c1NCCCC2. The quantitative estimate of drug-likeness (QED) is 0.880. The number of carbonyl (C=O) groups excluding carboxylic acids is 1. The first-order chi connectivity index (χ1) is 10.6. The molecule has 0 saturated heterocycles. The Morgan fingerprint density at radius 1 is 1.36 bits per heavy atom. The number of halogens is 2. The van der Waals surface area contributed by atoms with Crippen LogP contribution in [-0.2, 0) is 12.8 Å². The summed E-state index contributed by atoms with van der Waals surface area (Å²) in [5.74, 6) is 0.713. The van der Waals surface area contributed by atoms with Crippen molar-refractivity contribution in [1.82, 2.24) is 9.78 Å². The van der Waals surface area contributed by atoms with Crippen molar-refractivity contribution in [3.05, 3.63) is 45.1 Å². The Hall–Kier alpha value is -1.72. The van der Waals surface area contributed by atoms with Gasteiger partial charge in [0, 0.05) is 28.6 Å². The molecule has 7 heteroatoms. The molecule has 0 unspecified atom stereocenters. The molecule has 5 nitrogen and oxygen atoms in total. The average molecular weight is 339 g/mol. The second-order valence-corrected chi connectivity index (χ2v) is 6.16. The summed E-state index contributed by atoms with van der Waals surface area (Å²) in [6.45, 7) is 0.813. The standard InChI is InChI=1S/C15H16Cl2N4O/c16-10-5-4-9(12(17)8-10)7-13-11-3-1-2-6-19-14(11)21(20-13)15(18)22/h4-5,8,19H,1-3,6-7H2,(H2,18,22). The van der Waals surface area contributed by atoms with Gasteiger partial charge in [0.2, 0.25) is 0 Å². The minimum atomic E-state index is -0.584. The van der Waals surface area contributed by atoms with Crippen molar-refractivity contribution in [3.8, 4) is 0 Å². The fraction of sp³-hybridized carbons (Fsp3) is 0.333. The van der Waals surface area contributed by atoms with Gasteiger partial charge in [-0.05, 0) is 37.0 Å². The van der Waals surface area contributed by atoms with E-state index in [9.17, 15) is 4.79 Å². The number of hydrogen-bond donors (Lipinski definition) is 2. The van der Waals surface area contributed by atoms with E-state index in [-0.39, 0.29) is 0 Å². The van der Waals surface area contributed by atoms with Crippen LogP contribution < -0.4 is 11.1 Å². The predicted octanol–water partition coefficient (Wildman–Crippen LogP) is 3.46. The van der Waals surface area contributed by atoms with Crippen LogP contribution >= 0.6 is 23.2 Å². The first-order valence-electron chi connectivity index (χ1n) is 7.14. The number of hydrogen-bond acceptors (Lipinski definition) is 3. The molecule has 0 saturated carbocycles. The lowest BCUT2D eigenvalue weighted by Crippen LogP contribution is -2.23. The third-order valence-electron chi connectivity index (χ3n) is 3.79. The molecule has 0 radical (unpaired) electrons. The second-order valence-electron chi connectivity index (χ2n) is 5.32. The van der Waals surface area contributed by atoms with E-state index in [0.717, 1.165) is 42.6 Å². The molecular weight excluding hydrogens is 323 g/mol. The largest absolute Gasteiger partial charge is 0.370 e. The van der Waals surface area contributed by atoms with Gasteiger partial charge in [-0.1, -0.05) is 29.3 Å². The van der Waals surface area contributed by atoms with Crippen LogP contribution in [-0.4, -0.2) is 22.4 Å². The number of amides is 1. The van der Waals surface area contributed by atoms with Crippen molar-refractivity contribution in [2.75, 3.05) is 11.9 Å². The van der Waals surface area contributed by atoms with E-state index in [4.69, 9.17) is 28.9 Å². The van der Waals surface area contributed by atoms with Gasteiger partial charge in [0.25, 0.3) is 0 Å². The van der Waals surface area contributed by atoms with Gasteiger partial charge in [0.05, 0.1) is 5.69 Å². The van der Waals surface area contributed by atoms with Gasteiger partial charge >= 0.3 is 6.03 Å². The topological polar surface area (TPSA) is 72.9 Å². The Balaban J connectivity index is 2.01. The maximum atomic E-state index is 11.6. The van der Waals surface area contributed by atoms with Crippen molar-refractivity contribution in [2.45, 2.75) is 25.7 Å². The first-order valence-corrected chi connectivity index (χ1v) is 7.90. The molecule has 0 fully saturated rings. The zero-order chi connectivity index (χ0) is 15.7. The lowest BCUT2D eigenvalue weighted by atomic mass is 10.0. The Bertz CT molecular complexity index is 727. The summed E-state index contributed by atoms with van der Waals surface area (Å²) in [6, 6.07) is 4.80. The van der Waals surface area contributed by atoms with E-state index in [2.05, 4.69) is 10.4 Å². The molecule has 22 heavy (non-hydrogen) atoms. The molecule has 3 N–H and O–H groups in total. The molecular formula is C15H16Cl2N4O. The van der Waals surface area contributed by atoms with Crippen LogP contribution in [0.5, 0.6) is 0 Å². The summed E-state index contributed by atoms with van der Waals surface area (Å²) in [7, 11) is 0. The van der Waals surface area contributed by atoms with Gasteiger partial charge in [-0.2, -0.15) is 9.78 Å². The Kier molecular flexibility index (Phi) is 4.27. The van der Waals surface area contributed by atoms with Crippen LogP contribution in [0.15, 0.2) is 18.2 Å². The number of anilines is 1. The maximum absolute atomic E-state index is 11.6. The number of nitrogens with one attached hydrogen (secondary N) is 1. The zero-order valence-corrected chi connectivity index (χ0v) is 13.4. The van der Waals surface area contributed by atoms with Gasteiger partial charge < -0.3 is 11.1 Å². The molecule has 1 amide bonds. The summed E-state index contributed by atoms with van der Waals surface area (Å²) < 4.78 is 1.25. The molecule has 2 aromatic rings. The van der Waals surface area contributed by atoms with Gasteiger partial charge in [-0.3, -0.25) is 0 Å². The van der Waals surface area contributed by atoms with Gasteiger partial charge in [0.1, 0.15) is 5.82 Å². The van der Waals surface area contributed by atoms with E-state index in [1.807, 2.05) is 6.07 Å². The van der Waals surface area contributed by atoms with Gasteiger partial charge in [-0.25, -0.2) is 4.79 Å². The number of rotatable bonds is 2. The van der Waals surface area contributed by atoms with Crippen molar-refractivity contribution >= 4 is 35.1 Å². The molecule has 1 aliphatic rings.